The van der Waals surface area contributed by atoms with Crippen LogP contribution in [0.2, 0.25) is 0 Å². The van der Waals surface area contributed by atoms with Gasteiger partial charge in [-0.2, -0.15) is 5.10 Å². The molecule has 0 saturated carbocycles. The summed E-state index contributed by atoms with van der Waals surface area (Å²) < 4.78 is 17.3. The molecule has 0 fully saturated rings. The highest BCUT2D eigenvalue weighted by molar-refractivity contribution is 5.74. The van der Waals surface area contributed by atoms with Crippen LogP contribution in [0.15, 0.2) is 66.7 Å². The second-order valence-corrected chi connectivity index (χ2v) is 7.17. The monoisotopic (exact) mass is 416 g/mol. The zero-order valence-corrected chi connectivity index (χ0v) is 17.7. The Balaban J connectivity index is 1.58. The maximum Gasteiger partial charge on any atom is 0.176 e. The van der Waals surface area contributed by atoms with Crippen molar-refractivity contribution < 1.29 is 19.3 Å². The number of H-pyrrole nitrogens is 1. The minimum Gasteiger partial charge on any atom is -0.507 e. The predicted octanol–water partition coefficient (Wildman–Crippen LogP) is 5.78. The number of ether oxygens (including phenoxy) is 3. The summed E-state index contributed by atoms with van der Waals surface area (Å²) in [5.41, 5.74) is 4.04. The third-order valence-corrected chi connectivity index (χ3v) is 5.05. The summed E-state index contributed by atoms with van der Waals surface area (Å²) in [5.74, 6) is 2.32. The molecule has 1 aromatic heterocycles. The number of methoxy groups -OCH3 is 1. The fraction of sp³-hybridized carbons (Fsp3) is 0.160. The second-order valence-electron chi connectivity index (χ2n) is 7.17. The normalized spacial score (nSPS) is 10.7. The van der Waals surface area contributed by atoms with E-state index in [0.29, 0.717) is 40.9 Å². The molecule has 0 spiro atoms. The Kier molecular flexibility index (Phi) is 5.80. The molecule has 6 nitrogen and oxygen atoms in total. The van der Waals surface area contributed by atoms with Crippen molar-refractivity contribution in [1.29, 1.82) is 0 Å². The average Bonchev–Trinajstić information content (AvgIpc) is 3.13. The highest BCUT2D eigenvalue weighted by atomic mass is 16.5. The van der Waals surface area contributed by atoms with Crippen LogP contribution in [0, 0.1) is 13.8 Å². The third-order valence-electron chi connectivity index (χ3n) is 5.05. The lowest BCUT2D eigenvalue weighted by Gasteiger charge is -2.12. The summed E-state index contributed by atoms with van der Waals surface area (Å²) in [4.78, 5) is 0. The molecule has 4 rings (SSSR count). The molecule has 0 radical (unpaired) electrons. The summed E-state index contributed by atoms with van der Waals surface area (Å²) in [6.45, 7) is 4.33. The van der Waals surface area contributed by atoms with Gasteiger partial charge in [0.05, 0.1) is 12.8 Å². The van der Waals surface area contributed by atoms with E-state index in [0.717, 1.165) is 16.8 Å². The van der Waals surface area contributed by atoms with Gasteiger partial charge in [-0.3, -0.25) is 5.10 Å². The van der Waals surface area contributed by atoms with Gasteiger partial charge in [0.2, 0.25) is 0 Å². The first kappa shape index (κ1) is 20.3. The van der Waals surface area contributed by atoms with Crippen LogP contribution in [0.1, 0.15) is 16.8 Å². The Morgan fingerprint density at radius 2 is 1.68 bits per heavy atom. The highest BCUT2D eigenvalue weighted by Gasteiger charge is 2.19. The van der Waals surface area contributed by atoms with Gasteiger partial charge in [0.15, 0.2) is 17.2 Å². The van der Waals surface area contributed by atoms with Gasteiger partial charge in [-0.15, -0.1) is 0 Å². The fourth-order valence-electron chi connectivity index (χ4n) is 3.27. The van der Waals surface area contributed by atoms with Crippen LogP contribution < -0.4 is 14.2 Å². The lowest BCUT2D eigenvalue weighted by atomic mass is 10.1. The molecule has 0 bridgehead atoms. The number of rotatable bonds is 7. The number of nitrogens with one attached hydrogen (secondary N) is 1. The molecule has 0 aliphatic rings. The maximum atomic E-state index is 10.7. The number of aromatic hydroxyl groups is 1. The largest absolute Gasteiger partial charge is 0.507 e. The number of aryl methyl sites for hydroxylation is 2. The number of hydrogen-bond donors (Lipinski definition) is 2. The van der Waals surface area contributed by atoms with Crippen molar-refractivity contribution in [2.45, 2.75) is 20.5 Å². The van der Waals surface area contributed by atoms with Gasteiger partial charge in [0.1, 0.15) is 23.8 Å². The van der Waals surface area contributed by atoms with Gasteiger partial charge in [-0.05, 0) is 49.2 Å². The first-order valence-corrected chi connectivity index (χ1v) is 9.93. The van der Waals surface area contributed by atoms with Gasteiger partial charge < -0.3 is 19.3 Å². The van der Waals surface area contributed by atoms with E-state index in [1.807, 2.05) is 68.4 Å². The molecule has 4 aromatic rings. The van der Waals surface area contributed by atoms with Gasteiger partial charge in [-0.1, -0.05) is 36.4 Å². The highest BCUT2D eigenvalue weighted by Crippen LogP contribution is 2.41. The van der Waals surface area contributed by atoms with Crippen molar-refractivity contribution in [2.75, 3.05) is 7.11 Å². The SMILES string of the molecule is COc1ccccc1Oc1c(-c2ccc(OCc3ccccc3C)cc2O)n[nH]c1C. The molecule has 31 heavy (non-hydrogen) atoms. The summed E-state index contributed by atoms with van der Waals surface area (Å²) in [6.07, 6.45) is 0. The van der Waals surface area contributed by atoms with Crippen LogP contribution >= 0.6 is 0 Å². The number of phenolic OH excluding ortho intramolecular Hbond substituents is 1. The van der Waals surface area contributed by atoms with Gasteiger partial charge in [0.25, 0.3) is 0 Å². The van der Waals surface area contributed by atoms with Crippen LogP contribution in [0.3, 0.4) is 0 Å². The Morgan fingerprint density at radius 1 is 0.935 bits per heavy atom. The lowest BCUT2D eigenvalue weighted by Crippen LogP contribution is -1.97. The molecule has 0 aliphatic heterocycles. The third kappa shape index (κ3) is 4.33. The van der Waals surface area contributed by atoms with E-state index in [4.69, 9.17) is 14.2 Å². The number of para-hydroxylation sites is 2. The second kappa shape index (κ2) is 8.83. The molecule has 0 amide bonds. The van der Waals surface area contributed by atoms with Crippen molar-refractivity contribution in [2.24, 2.45) is 0 Å². The summed E-state index contributed by atoms with van der Waals surface area (Å²) in [7, 11) is 1.59. The molecule has 2 N–H and O–H groups in total. The summed E-state index contributed by atoms with van der Waals surface area (Å²) in [6, 6.07) is 20.6. The summed E-state index contributed by atoms with van der Waals surface area (Å²) >= 11 is 0. The van der Waals surface area contributed by atoms with E-state index >= 15 is 0 Å². The van der Waals surface area contributed by atoms with Gasteiger partial charge in [0, 0.05) is 11.6 Å². The van der Waals surface area contributed by atoms with Gasteiger partial charge >= 0.3 is 0 Å². The number of aromatic amines is 1. The minimum atomic E-state index is 0.0543. The molecular formula is C25H24N2O4. The number of aromatic nitrogens is 2. The zero-order chi connectivity index (χ0) is 21.8. The predicted molar refractivity (Wildman–Crippen MR) is 119 cm³/mol. The first-order valence-electron chi connectivity index (χ1n) is 9.93. The molecular weight excluding hydrogens is 392 g/mol. The Bertz CT molecular complexity index is 1200. The van der Waals surface area contributed by atoms with Crippen LogP contribution in [-0.4, -0.2) is 22.4 Å². The van der Waals surface area contributed by atoms with Crippen LogP contribution in [0.25, 0.3) is 11.3 Å². The van der Waals surface area contributed by atoms with E-state index in [9.17, 15) is 5.11 Å². The van der Waals surface area contributed by atoms with E-state index in [2.05, 4.69) is 10.2 Å². The zero-order valence-electron chi connectivity index (χ0n) is 17.7. The molecule has 0 saturated heterocycles. The smallest absolute Gasteiger partial charge is 0.176 e. The topological polar surface area (TPSA) is 76.6 Å². The van der Waals surface area contributed by atoms with Crippen molar-refractivity contribution in [1.82, 2.24) is 10.2 Å². The van der Waals surface area contributed by atoms with E-state index in [1.165, 1.54) is 0 Å². The Morgan fingerprint density at radius 3 is 2.42 bits per heavy atom. The van der Waals surface area contributed by atoms with Crippen molar-refractivity contribution in [3.05, 3.63) is 83.6 Å². The molecule has 158 valence electrons. The number of hydrogen-bond acceptors (Lipinski definition) is 5. The summed E-state index contributed by atoms with van der Waals surface area (Å²) in [5, 5.41) is 18.0. The number of phenols is 1. The number of nitrogens with zero attached hydrogens (tertiary/aromatic N) is 1. The first-order chi connectivity index (χ1) is 15.1. The Labute approximate surface area is 181 Å². The Hall–Kier alpha value is -3.93. The molecule has 0 unspecified atom stereocenters. The quantitative estimate of drug-likeness (QED) is 0.399. The molecule has 1 heterocycles. The van der Waals surface area contributed by atoms with E-state index < -0.39 is 0 Å². The van der Waals surface area contributed by atoms with Crippen molar-refractivity contribution in [3.8, 4) is 40.0 Å². The van der Waals surface area contributed by atoms with E-state index in [-0.39, 0.29) is 5.75 Å². The molecule has 6 heteroatoms. The van der Waals surface area contributed by atoms with Crippen molar-refractivity contribution in [3.63, 3.8) is 0 Å². The maximum absolute atomic E-state index is 10.7. The van der Waals surface area contributed by atoms with Crippen molar-refractivity contribution >= 4 is 0 Å². The fourth-order valence-corrected chi connectivity index (χ4v) is 3.27. The molecule has 0 aliphatic carbocycles. The standard InChI is InChI=1S/C25H24N2O4/c1-16-8-4-5-9-18(16)15-30-19-12-13-20(21(28)14-19)24-25(17(2)26-27-24)31-23-11-7-6-10-22(23)29-3/h4-14,28H,15H2,1-3H3,(H,26,27). The van der Waals surface area contributed by atoms with Gasteiger partial charge in [-0.25, -0.2) is 0 Å². The van der Waals surface area contributed by atoms with Crippen LogP contribution in [0.4, 0.5) is 0 Å². The lowest BCUT2D eigenvalue weighted by molar-refractivity contribution is 0.303. The van der Waals surface area contributed by atoms with Crippen LogP contribution in [0.5, 0.6) is 28.7 Å². The molecule has 3 aromatic carbocycles. The van der Waals surface area contributed by atoms with E-state index in [1.54, 1.807) is 19.2 Å². The average molecular weight is 416 g/mol. The number of benzene rings is 3. The minimum absolute atomic E-state index is 0.0543. The molecule has 0 atom stereocenters. The van der Waals surface area contributed by atoms with Crippen LogP contribution in [-0.2, 0) is 6.61 Å².